The van der Waals surface area contributed by atoms with E-state index in [4.69, 9.17) is 4.74 Å². The number of nitrogens with zero attached hydrogens (tertiary/aromatic N) is 5. The summed E-state index contributed by atoms with van der Waals surface area (Å²) < 4.78 is 9.16. The van der Waals surface area contributed by atoms with E-state index in [9.17, 15) is 14.4 Å². The summed E-state index contributed by atoms with van der Waals surface area (Å²) in [5.41, 5.74) is -0.168. The average Bonchev–Trinajstić information content (AvgIpc) is 3.12. The van der Waals surface area contributed by atoms with Crippen molar-refractivity contribution in [2.45, 2.75) is 11.8 Å². The van der Waals surface area contributed by atoms with Crippen LogP contribution in [0.3, 0.4) is 0 Å². The van der Waals surface area contributed by atoms with Gasteiger partial charge in [0, 0.05) is 33.0 Å². The minimum atomic E-state index is -0.520. The molecular weight excluding hydrogens is 396 g/mol. The molecule has 10 nitrogen and oxygen atoms in total. The number of anilines is 1. The van der Waals surface area contributed by atoms with Crippen molar-refractivity contribution < 1.29 is 9.53 Å². The fraction of sp³-hybridized carbons (Fsp3) is 0.278. The maximum absolute atomic E-state index is 12.4. The largest absolute Gasteiger partial charge is 0.377 e. The number of carbonyl (C=O) groups excluding carboxylic acids is 1. The molecule has 2 aromatic heterocycles. The molecule has 152 valence electrons. The Balaban J connectivity index is 1.78. The molecule has 3 aromatic rings. The van der Waals surface area contributed by atoms with Gasteiger partial charge in [-0.25, -0.2) is 4.79 Å². The number of aromatic nitrogens is 5. The van der Waals surface area contributed by atoms with Crippen LogP contribution in [-0.2, 0) is 30.2 Å². The molecule has 0 saturated carbocycles. The van der Waals surface area contributed by atoms with Gasteiger partial charge in [-0.2, -0.15) is 0 Å². The van der Waals surface area contributed by atoms with Crippen LogP contribution in [0.4, 0.5) is 5.82 Å². The van der Waals surface area contributed by atoms with Gasteiger partial charge in [0.05, 0.1) is 5.75 Å². The van der Waals surface area contributed by atoms with Gasteiger partial charge >= 0.3 is 5.69 Å². The molecular formula is C18H20N6O4S. The molecule has 0 aliphatic rings. The lowest BCUT2D eigenvalue weighted by molar-refractivity contribution is -0.113. The second-order valence-corrected chi connectivity index (χ2v) is 7.05. The van der Waals surface area contributed by atoms with E-state index in [0.29, 0.717) is 11.0 Å². The molecule has 2 heterocycles. The first kappa shape index (κ1) is 20.6. The summed E-state index contributed by atoms with van der Waals surface area (Å²) in [7, 11) is 4.42. The number of rotatable bonds is 7. The molecule has 1 aromatic carbocycles. The highest BCUT2D eigenvalue weighted by Gasteiger charge is 2.16. The summed E-state index contributed by atoms with van der Waals surface area (Å²) in [6.45, 7) is 0.268. The highest BCUT2D eigenvalue weighted by atomic mass is 32.2. The third-order valence-electron chi connectivity index (χ3n) is 4.11. The first-order valence-corrected chi connectivity index (χ1v) is 9.59. The van der Waals surface area contributed by atoms with Gasteiger partial charge < -0.3 is 10.1 Å². The zero-order chi connectivity index (χ0) is 21.0. The number of hydrogen-bond donors (Lipinski definition) is 1. The average molecular weight is 416 g/mol. The summed E-state index contributed by atoms with van der Waals surface area (Å²) in [4.78, 5) is 36.2. The van der Waals surface area contributed by atoms with E-state index in [1.807, 2.05) is 34.9 Å². The van der Waals surface area contributed by atoms with E-state index in [2.05, 4.69) is 15.5 Å². The standard InChI is InChI=1S/C18H20N6O4S/c1-22-13(9-16(26)23(2)18(22)27)19-15(25)11-29-17-21-20-14(10-28-3)24(17)12-7-5-4-6-8-12/h4-9H,10-11H2,1-3H3,(H,19,25). The Morgan fingerprint density at radius 2 is 1.86 bits per heavy atom. The summed E-state index contributed by atoms with van der Waals surface area (Å²) in [6.07, 6.45) is 0. The van der Waals surface area contributed by atoms with E-state index >= 15 is 0 Å². The van der Waals surface area contributed by atoms with Gasteiger partial charge in [0.2, 0.25) is 5.91 Å². The number of nitrogens with one attached hydrogen (secondary N) is 1. The Morgan fingerprint density at radius 1 is 1.14 bits per heavy atom. The Morgan fingerprint density at radius 3 is 2.55 bits per heavy atom. The molecule has 1 amide bonds. The van der Waals surface area contributed by atoms with Crippen molar-refractivity contribution in [3.63, 3.8) is 0 Å². The molecule has 29 heavy (non-hydrogen) atoms. The monoisotopic (exact) mass is 416 g/mol. The lowest BCUT2D eigenvalue weighted by Crippen LogP contribution is -2.38. The second-order valence-electron chi connectivity index (χ2n) is 6.11. The normalized spacial score (nSPS) is 10.9. The fourth-order valence-corrected chi connectivity index (χ4v) is 3.39. The van der Waals surface area contributed by atoms with E-state index < -0.39 is 11.2 Å². The SMILES string of the molecule is COCc1nnc(SCC(=O)Nc2cc(=O)n(C)c(=O)n2C)n1-c1ccccc1. The van der Waals surface area contributed by atoms with Gasteiger partial charge in [-0.1, -0.05) is 30.0 Å². The third-order valence-corrected chi connectivity index (χ3v) is 5.04. The van der Waals surface area contributed by atoms with Gasteiger partial charge in [0.1, 0.15) is 12.4 Å². The first-order chi connectivity index (χ1) is 13.9. The third kappa shape index (κ3) is 4.46. The Kier molecular flexibility index (Phi) is 6.29. The topological polar surface area (TPSA) is 113 Å². The molecule has 0 spiro atoms. The zero-order valence-corrected chi connectivity index (χ0v) is 17.0. The summed E-state index contributed by atoms with van der Waals surface area (Å²) in [6, 6.07) is 10.7. The number of carbonyl (C=O) groups is 1. The van der Waals surface area contributed by atoms with Gasteiger partial charge in [0.25, 0.3) is 5.56 Å². The molecule has 3 rings (SSSR count). The number of amides is 1. The van der Waals surface area contributed by atoms with Crippen molar-refractivity contribution in [2.75, 3.05) is 18.2 Å². The lowest BCUT2D eigenvalue weighted by atomic mass is 10.3. The van der Waals surface area contributed by atoms with Crippen LogP contribution >= 0.6 is 11.8 Å². The van der Waals surface area contributed by atoms with Crippen LogP contribution in [0.15, 0.2) is 51.1 Å². The van der Waals surface area contributed by atoms with Crippen LogP contribution in [0, 0.1) is 0 Å². The first-order valence-electron chi connectivity index (χ1n) is 8.60. The van der Waals surface area contributed by atoms with E-state index in [1.54, 1.807) is 7.11 Å². The van der Waals surface area contributed by atoms with E-state index in [1.165, 1.54) is 36.5 Å². The molecule has 0 saturated heterocycles. The number of ether oxygens (including phenoxy) is 1. The molecule has 0 radical (unpaired) electrons. The van der Waals surface area contributed by atoms with Gasteiger partial charge in [-0.3, -0.25) is 23.3 Å². The molecule has 0 aliphatic heterocycles. The van der Waals surface area contributed by atoms with Gasteiger partial charge in [0.15, 0.2) is 11.0 Å². The van der Waals surface area contributed by atoms with Crippen molar-refractivity contribution in [2.24, 2.45) is 14.1 Å². The number of methoxy groups -OCH3 is 1. The van der Waals surface area contributed by atoms with Crippen molar-refractivity contribution in [3.05, 3.63) is 63.1 Å². The molecule has 1 N–H and O–H groups in total. The van der Waals surface area contributed by atoms with Crippen LogP contribution < -0.4 is 16.6 Å². The van der Waals surface area contributed by atoms with Crippen LogP contribution in [0.5, 0.6) is 0 Å². The van der Waals surface area contributed by atoms with Crippen LogP contribution in [0.1, 0.15) is 5.82 Å². The highest BCUT2D eigenvalue weighted by Crippen LogP contribution is 2.22. The van der Waals surface area contributed by atoms with Crippen molar-refractivity contribution in [1.29, 1.82) is 0 Å². The summed E-state index contributed by atoms with van der Waals surface area (Å²) in [5, 5.41) is 11.4. The van der Waals surface area contributed by atoms with Crippen molar-refractivity contribution >= 4 is 23.5 Å². The van der Waals surface area contributed by atoms with E-state index in [0.717, 1.165) is 10.3 Å². The van der Waals surface area contributed by atoms with Crippen molar-refractivity contribution in [1.82, 2.24) is 23.9 Å². The lowest BCUT2D eigenvalue weighted by Gasteiger charge is -2.11. The molecule has 0 fully saturated rings. The maximum atomic E-state index is 12.4. The summed E-state index contributed by atoms with van der Waals surface area (Å²) in [5.74, 6) is 0.375. The molecule has 0 unspecified atom stereocenters. The molecule has 11 heteroatoms. The van der Waals surface area contributed by atoms with E-state index in [-0.39, 0.29) is 24.1 Å². The predicted molar refractivity (Wildman–Crippen MR) is 108 cm³/mol. The fourth-order valence-electron chi connectivity index (χ4n) is 2.61. The smallest absolute Gasteiger partial charge is 0.332 e. The Bertz CT molecular complexity index is 1140. The number of benzene rings is 1. The minimum Gasteiger partial charge on any atom is -0.377 e. The Hall–Kier alpha value is -3.18. The second kappa shape index (κ2) is 8.88. The van der Waals surface area contributed by atoms with Gasteiger partial charge in [-0.05, 0) is 12.1 Å². The summed E-state index contributed by atoms with van der Waals surface area (Å²) >= 11 is 1.18. The quantitative estimate of drug-likeness (QED) is 0.559. The number of para-hydroxylation sites is 1. The van der Waals surface area contributed by atoms with Crippen LogP contribution in [0.2, 0.25) is 0 Å². The molecule has 0 bridgehead atoms. The van der Waals surface area contributed by atoms with Crippen molar-refractivity contribution in [3.8, 4) is 5.69 Å². The number of thioether (sulfide) groups is 1. The predicted octanol–water partition coefficient (Wildman–Crippen LogP) is 0.542. The zero-order valence-electron chi connectivity index (χ0n) is 16.2. The van der Waals surface area contributed by atoms with Gasteiger partial charge in [-0.15, -0.1) is 10.2 Å². The maximum Gasteiger partial charge on any atom is 0.332 e. The van der Waals surface area contributed by atoms with Crippen LogP contribution in [0.25, 0.3) is 5.69 Å². The molecule has 0 aliphatic carbocycles. The van der Waals surface area contributed by atoms with Crippen LogP contribution in [-0.4, -0.2) is 42.7 Å². The molecule has 0 atom stereocenters. The Labute approximate surface area is 170 Å². The highest BCUT2D eigenvalue weighted by molar-refractivity contribution is 7.99. The number of hydrogen-bond acceptors (Lipinski definition) is 7. The minimum absolute atomic E-state index is 0.0152.